The van der Waals surface area contributed by atoms with Crippen molar-refractivity contribution in [1.82, 2.24) is 9.80 Å². The van der Waals surface area contributed by atoms with E-state index in [1.807, 2.05) is 0 Å². The van der Waals surface area contributed by atoms with Crippen LogP contribution in [0.4, 0.5) is 11.4 Å². The number of hydrogen-bond donors (Lipinski definition) is 2. The van der Waals surface area contributed by atoms with Crippen LogP contribution in [0.5, 0.6) is 0 Å². The Bertz CT molecular complexity index is 996. The minimum atomic E-state index is -3.78. The van der Waals surface area contributed by atoms with Crippen LogP contribution in [0, 0.1) is 0 Å². The maximum absolute atomic E-state index is 12.6. The summed E-state index contributed by atoms with van der Waals surface area (Å²) in [6.45, 7) is 5.35. The molecule has 3 rings (SSSR count). The van der Waals surface area contributed by atoms with Gasteiger partial charge in [0.25, 0.3) is 10.0 Å². The van der Waals surface area contributed by atoms with Gasteiger partial charge in [-0.1, -0.05) is 0 Å². The van der Waals surface area contributed by atoms with Gasteiger partial charge in [-0.3, -0.25) is 19.2 Å². The van der Waals surface area contributed by atoms with Crippen molar-refractivity contribution < 1.29 is 18.0 Å². The first-order chi connectivity index (χ1) is 14.2. The Hall–Kier alpha value is -2.75. The van der Waals surface area contributed by atoms with E-state index in [1.165, 1.54) is 31.2 Å². The number of carbonyl (C=O) groups excluding carboxylic acids is 2. The summed E-state index contributed by atoms with van der Waals surface area (Å²) in [4.78, 5) is 28.0. The van der Waals surface area contributed by atoms with Crippen molar-refractivity contribution in [2.45, 2.75) is 11.8 Å². The van der Waals surface area contributed by atoms with E-state index in [2.05, 4.69) is 26.9 Å². The molecule has 9 heteroatoms. The molecule has 0 radical (unpaired) electrons. The number of anilines is 2. The van der Waals surface area contributed by atoms with Crippen LogP contribution in [-0.4, -0.2) is 69.7 Å². The topological polar surface area (TPSA) is 98.8 Å². The van der Waals surface area contributed by atoms with Crippen molar-refractivity contribution in [1.29, 1.82) is 0 Å². The first-order valence-corrected chi connectivity index (χ1v) is 11.2. The van der Waals surface area contributed by atoms with Crippen LogP contribution in [0.1, 0.15) is 17.3 Å². The molecule has 8 nitrogen and oxygen atoms in total. The summed E-state index contributed by atoms with van der Waals surface area (Å²) in [7, 11) is -1.71. The quantitative estimate of drug-likeness (QED) is 0.651. The summed E-state index contributed by atoms with van der Waals surface area (Å²) in [5, 5.41) is 2.59. The number of hydrogen-bond acceptors (Lipinski definition) is 6. The molecule has 1 fully saturated rings. The van der Waals surface area contributed by atoms with Gasteiger partial charge in [0.05, 0.1) is 11.4 Å². The van der Waals surface area contributed by atoms with Crippen LogP contribution < -0.4 is 10.0 Å². The summed E-state index contributed by atoms with van der Waals surface area (Å²) in [5.74, 6) is -0.214. The number of sulfonamides is 1. The molecule has 1 heterocycles. The molecule has 2 aromatic rings. The van der Waals surface area contributed by atoms with Crippen molar-refractivity contribution in [3.63, 3.8) is 0 Å². The van der Waals surface area contributed by atoms with Crippen molar-refractivity contribution in [3.05, 3.63) is 54.1 Å². The fourth-order valence-corrected chi connectivity index (χ4v) is 4.22. The summed E-state index contributed by atoms with van der Waals surface area (Å²) < 4.78 is 27.6. The number of nitrogens with zero attached hydrogens (tertiary/aromatic N) is 2. The second kappa shape index (κ2) is 9.38. The monoisotopic (exact) mass is 430 g/mol. The standard InChI is InChI=1S/C21H26N4O4S/c1-16(26)22-18-7-9-20(10-8-18)30(28,29)23-19-5-3-17(4-6-19)21(27)15-25-13-11-24(2)12-14-25/h3-10,23H,11-15H2,1-2H3,(H,22,26). The largest absolute Gasteiger partial charge is 0.326 e. The summed E-state index contributed by atoms with van der Waals surface area (Å²) >= 11 is 0. The average molecular weight is 431 g/mol. The van der Waals surface area contributed by atoms with Crippen molar-refractivity contribution in [3.8, 4) is 0 Å². The van der Waals surface area contributed by atoms with E-state index in [1.54, 1.807) is 24.3 Å². The molecule has 0 bridgehead atoms. The lowest BCUT2D eigenvalue weighted by molar-refractivity contribution is -0.114. The number of ketones is 1. The molecule has 2 aromatic carbocycles. The first-order valence-electron chi connectivity index (χ1n) is 9.67. The van der Waals surface area contributed by atoms with Crippen LogP contribution in [0.3, 0.4) is 0 Å². The predicted molar refractivity (Wildman–Crippen MR) is 116 cm³/mol. The van der Waals surface area contributed by atoms with Crippen molar-refractivity contribution in [2.75, 3.05) is 49.8 Å². The average Bonchev–Trinajstić information content (AvgIpc) is 2.70. The summed E-state index contributed by atoms with van der Waals surface area (Å²) in [6, 6.07) is 12.3. The zero-order valence-corrected chi connectivity index (χ0v) is 17.9. The lowest BCUT2D eigenvalue weighted by Gasteiger charge is -2.31. The van der Waals surface area contributed by atoms with E-state index in [4.69, 9.17) is 0 Å². The van der Waals surface area contributed by atoms with E-state index in [0.717, 1.165) is 26.2 Å². The molecule has 0 aromatic heterocycles. The fraction of sp³-hybridized carbons (Fsp3) is 0.333. The number of benzene rings is 2. The van der Waals surface area contributed by atoms with Gasteiger partial charge in [0.15, 0.2) is 5.78 Å². The third-order valence-electron chi connectivity index (χ3n) is 4.91. The lowest BCUT2D eigenvalue weighted by atomic mass is 10.1. The number of Topliss-reactive ketones (excluding diaryl/α,β-unsaturated/α-hetero) is 1. The molecule has 1 amide bonds. The fourth-order valence-electron chi connectivity index (χ4n) is 3.16. The number of piperazine rings is 1. The predicted octanol–water partition coefficient (Wildman–Crippen LogP) is 1.88. The van der Waals surface area contributed by atoms with Crippen LogP contribution >= 0.6 is 0 Å². The third kappa shape index (κ3) is 5.88. The van der Waals surface area contributed by atoms with Gasteiger partial charge in [0.1, 0.15) is 0 Å². The molecular formula is C21H26N4O4S. The molecule has 0 unspecified atom stereocenters. The van der Waals surface area contributed by atoms with Gasteiger partial charge in [-0.2, -0.15) is 0 Å². The molecule has 0 saturated carbocycles. The Balaban J connectivity index is 1.61. The zero-order valence-electron chi connectivity index (χ0n) is 17.1. The highest BCUT2D eigenvalue weighted by molar-refractivity contribution is 7.92. The van der Waals surface area contributed by atoms with E-state index in [9.17, 15) is 18.0 Å². The van der Waals surface area contributed by atoms with Gasteiger partial charge in [-0.15, -0.1) is 0 Å². The molecule has 2 N–H and O–H groups in total. The Morgan fingerprint density at radius 1 is 0.900 bits per heavy atom. The van der Waals surface area contributed by atoms with Gasteiger partial charge in [-0.05, 0) is 55.6 Å². The summed E-state index contributed by atoms with van der Waals surface area (Å²) in [5.41, 5.74) is 1.44. The highest BCUT2D eigenvalue weighted by atomic mass is 32.2. The molecule has 0 atom stereocenters. The van der Waals surface area contributed by atoms with E-state index in [0.29, 0.717) is 23.5 Å². The molecule has 30 heavy (non-hydrogen) atoms. The maximum Gasteiger partial charge on any atom is 0.261 e. The zero-order chi connectivity index (χ0) is 21.7. The lowest BCUT2D eigenvalue weighted by Crippen LogP contribution is -2.46. The normalized spacial score (nSPS) is 15.5. The number of amides is 1. The highest BCUT2D eigenvalue weighted by Crippen LogP contribution is 2.19. The smallest absolute Gasteiger partial charge is 0.261 e. The van der Waals surface area contributed by atoms with Gasteiger partial charge in [-0.25, -0.2) is 8.42 Å². The van der Waals surface area contributed by atoms with E-state index < -0.39 is 10.0 Å². The molecule has 1 saturated heterocycles. The SMILES string of the molecule is CC(=O)Nc1ccc(S(=O)(=O)Nc2ccc(C(=O)CN3CCN(C)CC3)cc2)cc1. The minimum absolute atomic E-state index is 0.0162. The van der Waals surface area contributed by atoms with Crippen LogP contribution in [0.25, 0.3) is 0 Å². The Morgan fingerprint density at radius 3 is 2.03 bits per heavy atom. The van der Waals surface area contributed by atoms with Gasteiger partial charge < -0.3 is 10.2 Å². The minimum Gasteiger partial charge on any atom is -0.326 e. The van der Waals surface area contributed by atoms with Gasteiger partial charge in [0, 0.05) is 50.0 Å². The maximum atomic E-state index is 12.6. The van der Waals surface area contributed by atoms with E-state index in [-0.39, 0.29) is 16.6 Å². The molecule has 0 spiro atoms. The van der Waals surface area contributed by atoms with Crippen LogP contribution in [0.2, 0.25) is 0 Å². The molecule has 1 aliphatic rings. The number of nitrogens with one attached hydrogen (secondary N) is 2. The van der Waals surface area contributed by atoms with Crippen molar-refractivity contribution in [2.24, 2.45) is 0 Å². The molecule has 160 valence electrons. The van der Waals surface area contributed by atoms with Gasteiger partial charge >= 0.3 is 0 Å². The molecule has 0 aliphatic carbocycles. The Labute approximate surface area is 176 Å². The van der Waals surface area contributed by atoms with Crippen molar-refractivity contribution >= 4 is 33.1 Å². The summed E-state index contributed by atoms with van der Waals surface area (Å²) in [6.07, 6.45) is 0. The van der Waals surface area contributed by atoms with Crippen LogP contribution in [0.15, 0.2) is 53.4 Å². The second-order valence-electron chi connectivity index (χ2n) is 7.39. The Kier molecular flexibility index (Phi) is 6.86. The molecule has 1 aliphatic heterocycles. The molecular weight excluding hydrogens is 404 g/mol. The number of rotatable bonds is 7. The van der Waals surface area contributed by atoms with Gasteiger partial charge in [0.2, 0.25) is 5.91 Å². The van der Waals surface area contributed by atoms with Crippen LogP contribution in [-0.2, 0) is 14.8 Å². The first kappa shape index (κ1) is 21.9. The highest BCUT2D eigenvalue weighted by Gasteiger charge is 2.18. The number of carbonyl (C=O) groups is 2. The number of likely N-dealkylation sites (N-methyl/N-ethyl adjacent to an activating group) is 1. The third-order valence-corrected chi connectivity index (χ3v) is 6.30. The Morgan fingerprint density at radius 2 is 1.47 bits per heavy atom. The second-order valence-corrected chi connectivity index (χ2v) is 9.07. The van der Waals surface area contributed by atoms with E-state index >= 15 is 0 Å².